The predicted molar refractivity (Wildman–Crippen MR) is 114 cm³/mol. The number of nitrogens with two attached hydrogens (primary N) is 1. The van der Waals surface area contributed by atoms with Crippen molar-refractivity contribution in [2.24, 2.45) is 10.7 Å². The molecule has 0 bridgehead atoms. The van der Waals surface area contributed by atoms with Crippen LogP contribution in [0.25, 0.3) is 0 Å². The minimum Gasteiger partial charge on any atom is -0.379 e. The summed E-state index contributed by atoms with van der Waals surface area (Å²) in [5, 5.41) is 5.70. The molecule has 26 heavy (non-hydrogen) atoms. The van der Waals surface area contributed by atoms with Crippen LogP contribution in [0.5, 0.6) is 0 Å². The van der Waals surface area contributed by atoms with E-state index < -0.39 is 0 Å². The Kier molecular flexibility index (Phi) is 11.1. The van der Waals surface area contributed by atoms with Crippen molar-refractivity contribution in [3.63, 3.8) is 0 Å². The van der Waals surface area contributed by atoms with E-state index in [1.807, 2.05) is 13.0 Å². The predicted octanol–water partition coefficient (Wildman–Crippen LogP) is 0.963. The van der Waals surface area contributed by atoms with Gasteiger partial charge in [-0.1, -0.05) is 6.07 Å². The van der Waals surface area contributed by atoms with Crippen molar-refractivity contribution in [3.05, 3.63) is 23.9 Å². The molecule has 1 aliphatic rings. The second kappa shape index (κ2) is 12.8. The van der Waals surface area contributed by atoms with Crippen LogP contribution < -0.4 is 16.4 Å². The van der Waals surface area contributed by atoms with E-state index in [1.54, 1.807) is 12.3 Å². The summed E-state index contributed by atoms with van der Waals surface area (Å²) in [6.45, 7) is 7.68. The van der Waals surface area contributed by atoms with Gasteiger partial charge in [0.05, 0.1) is 13.2 Å². The van der Waals surface area contributed by atoms with Crippen LogP contribution in [0.4, 0.5) is 5.82 Å². The second-order valence-electron chi connectivity index (χ2n) is 6.02. The van der Waals surface area contributed by atoms with E-state index in [-0.39, 0.29) is 29.9 Å². The van der Waals surface area contributed by atoms with Crippen LogP contribution >= 0.6 is 24.0 Å². The van der Waals surface area contributed by atoms with Crippen LogP contribution in [0, 0.1) is 6.92 Å². The summed E-state index contributed by atoms with van der Waals surface area (Å²) in [6, 6.07) is 3.69. The van der Waals surface area contributed by atoms with Crippen molar-refractivity contribution in [1.82, 2.24) is 15.2 Å². The molecule has 0 spiro atoms. The van der Waals surface area contributed by atoms with Crippen molar-refractivity contribution >= 4 is 41.7 Å². The molecule has 0 saturated carbocycles. The molecule has 0 radical (unpaired) electrons. The molecule has 1 amide bonds. The van der Waals surface area contributed by atoms with Gasteiger partial charge in [-0.05, 0) is 25.0 Å². The number of nitrogens with zero attached hydrogens (tertiary/aromatic N) is 3. The number of anilines is 1. The number of aryl methyl sites for hydroxylation is 1. The molecule has 1 aromatic rings. The number of halogens is 1. The van der Waals surface area contributed by atoms with Gasteiger partial charge < -0.3 is 21.1 Å². The Morgan fingerprint density at radius 1 is 1.38 bits per heavy atom. The third-order valence-corrected chi connectivity index (χ3v) is 3.86. The highest BCUT2D eigenvalue weighted by Crippen LogP contribution is 2.04. The number of carbonyl (C=O) groups is 1. The lowest BCUT2D eigenvalue weighted by atomic mass is 10.3. The maximum atomic E-state index is 11.8. The molecule has 0 aliphatic carbocycles. The Hall–Kier alpha value is -1.46. The van der Waals surface area contributed by atoms with Crippen molar-refractivity contribution in [3.8, 4) is 0 Å². The standard InChI is InChI=1S/C17H28N6O2.HI/c1-14-3-4-15(21-13-14)22-16(24)5-7-20-17(18)19-6-2-8-23-9-11-25-12-10-23;/h3-4,13H,2,5-12H2,1H3,(H3,18,19,20)(H,21,22,24);1H. The Labute approximate surface area is 172 Å². The molecule has 1 aliphatic heterocycles. The molecule has 0 aromatic carbocycles. The second-order valence-corrected chi connectivity index (χ2v) is 6.02. The topological polar surface area (TPSA) is 105 Å². The SMILES string of the molecule is Cc1ccc(NC(=O)CCNC(N)=NCCCN2CCOCC2)nc1.I. The van der Waals surface area contributed by atoms with Crippen LogP contribution in [-0.2, 0) is 9.53 Å². The largest absolute Gasteiger partial charge is 0.379 e. The normalized spacial score (nSPS) is 15.2. The summed E-state index contributed by atoms with van der Waals surface area (Å²) in [5.41, 5.74) is 6.86. The number of morpholine rings is 1. The zero-order valence-corrected chi connectivity index (χ0v) is 17.6. The number of carbonyl (C=O) groups excluding carboxylic acids is 1. The van der Waals surface area contributed by atoms with Gasteiger partial charge in [-0.2, -0.15) is 0 Å². The molecular weight excluding hydrogens is 447 g/mol. The number of rotatable bonds is 8. The minimum absolute atomic E-state index is 0. The Balaban J connectivity index is 0.00000338. The smallest absolute Gasteiger partial charge is 0.227 e. The van der Waals surface area contributed by atoms with Crippen molar-refractivity contribution in [2.75, 3.05) is 51.3 Å². The van der Waals surface area contributed by atoms with Gasteiger partial charge in [-0.15, -0.1) is 24.0 Å². The third-order valence-electron chi connectivity index (χ3n) is 3.86. The minimum atomic E-state index is -0.107. The zero-order chi connectivity index (χ0) is 17.9. The molecule has 8 nitrogen and oxygen atoms in total. The van der Waals surface area contributed by atoms with Gasteiger partial charge in [0.2, 0.25) is 5.91 Å². The monoisotopic (exact) mass is 476 g/mol. The lowest BCUT2D eigenvalue weighted by Crippen LogP contribution is -2.37. The zero-order valence-electron chi connectivity index (χ0n) is 15.2. The van der Waals surface area contributed by atoms with Gasteiger partial charge in [0.25, 0.3) is 0 Å². The summed E-state index contributed by atoms with van der Waals surface area (Å²) in [5.74, 6) is 0.826. The Bertz CT molecular complexity index is 561. The molecule has 146 valence electrons. The van der Waals surface area contributed by atoms with Crippen LogP contribution in [-0.4, -0.2) is 67.7 Å². The molecule has 4 N–H and O–H groups in total. The van der Waals surface area contributed by atoms with Crippen LogP contribution in [0.15, 0.2) is 23.3 Å². The van der Waals surface area contributed by atoms with E-state index in [9.17, 15) is 4.79 Å². The molecule has 9 heteroatoms. The first-order valence-corrected chi connectivity index (χ1v) is 8.70. The van der Waals surface area contributed by atoms with Gasteiger partial charge >= 0.3 is 0 Å². The highest BCUT2D eigenvalue weighted by Gasteiger charge is 2.09. The van der Waals surface area contributed by atoms with E-state index in [4.69, 9.17) is 10.5 Å². The summed E-state index contributed by atoms with van der Waals surface area (Å²) in [7, 11) is 0. The molecule has 1 aromatic heterocycles. The van der Waals surface area contributed by atoms with E-state index in [1.165, 1.54) is 0 Å². The molecule has 1 fully saturated rings. The van der Waals surface area contributed by atoms with Crippen molar-refractivity contribution < 1.29 is 9.53 Å². The fourth-order valence-electron chi connectivity index (χ4n) is 2.43. The third kappa shape index (κ3) is 9.30. The highest BCUT2D eigenvalue weighted by atomic mass is 127. The number of aromatic nitrogens is 1. The van der Waals surface area contributed by atoms with Gasteiger partial charge in [0.1, 0.15) is 5.82 Å². The number of aliphatic imine (C=N–C) groups is 1. The highest BCUT2D eigenvalue weighted by molar-refractivity contribution is 14.0. The molecule has 1 saturated heterocycles. The van der Waals surface area contributed by atoms with E-state index in [2.05, 4.69) is 25.5 Å². The average Bonchev–Trinajstić information content (AvgIpc) is 2.62. The van der Waals surface area contributed by atoms with Gasteiger partial charge in [-0.3, -0.25) is 14.7 Å². The molecular formula is C17H29IN6O2. The molecule has 0 atom stereocenters. The summed E-state index contributed by atoms with van der Waals surface area (Å²) in [4.78, 5) is 22.6. The quantitative estimate of drug-likeness (QED) is 0.224. The fourth-order valence-corrected chi connectivity index (χ4v) is 2.43. The summed E-state index contributed by atoms with van der Waals surface area (Å²) >= 11 is 0. The maximum absolute atomic E-state index is 11.8. The lowest BCUT2D eigenvalue weighted by molar-refractivity contribution is -0.116. The van der Waals surface area contributed by atoms with Crippen LogP contribution in [0.1, 0.15) is 18.4 Å². The number of pyridine rings is 1. The van der Waals surface area contributed by atoms with Gasteiger partial charge in [0, 0.05) is 45.3 Å². The molecule has 2 heterocycles. The van der Waals surface area contributed by atoms with Crippen LogP contribution in [0.2, 0.25) is 0 Å². The number of hydrogen-bond donors (Lipinski definition) is 3. The molecule has 2 rings (SSSR count). The fraction of sp³-hybridized carbons (Fsp3) is 0.588. The number of guanidine groups is 1. The first-order chi connectivity index (χ1) is 12.1. The van der Waals surface area contributed by atoms with Crippen molar-refractivity contribution in [1.29, 1.82) is 0 Å². The van der Waals surface area contributed by atoms with E-state index in [0.29, 0.717) is 31.3 Å². The number of ether oxygens (including phenoxy) is 1. The van der Waals surface area contributed by atoms with Gasteiger partial charge in [-0.25, -0.2) is 4.98 Å². The Morgan fingerprint density at radius 2 is 2.15 bits per heavy atom. The number of nitrogens with one attached hydrogen (secondary N) is 2. The van der Waals surface area contributed by atoms with Crippen molar-refractivity contribution in [2.45, 2.75) is 19.8 Å². The lowest BCUT2D eigenvalue weighted by Gasteiger charge is -2.26. The van der Waals surface area contributed by atoms with Crippen LogP contribution in [0.3, 0.4) is 0 Å². The summed E-state index contributed by atoms with van der Waals surface area (Å²) < 4.78 is 5.31. The summed E-state index contributed by atoms with van der Waals surface area (Å²) in [6.07, 6.45) is 2.98. The van der Waals surface area contributed by atoms with E-state index >= 15 is 0 Å². The first kappa shape index (κ1) is 22.6. The number of amides is 1. The maximum Gasteiger partial charge on any atom is 0.227 e. The molecule has 0 unspecified atom stereocenters. The average molecular weight is 476 g/mol. The first-order valence-electron chi connectivity index (χ1n) is 8.70. The van der Waals surface area contributed by atoms with Gasteiger partial charge in [0.15, 0.2) is 5.96 Å². The Morgan fingerprint density at radius 3 is 2.85 bits per heavy atom. The number of hydrogen-bond acceptors (Lipinski definition) is 5. The van der Waals surface area contributed by atoms with E-state index in [0.717, 1.165) is 44.8 Å².